The van der Waals surface area contributed by atoms with Crippen molar-refractivity contribution in [2.24, 2.45) is 7.05 Å². The molecule has 0 spiro atoms. The van der Waals surface area contributed by atoms with Gasteiger partial charge in [-0.3, -0.25) is 18.9 Å². The second-order valence-corrected chi connectivity index (χ2v) is 13.6. The summed E-state index contributed by atoms with van der Waals surface area (Å²) >= 11 is 2.06. The molecule has 0 unspecified atom stereocenters. The zero-order valence-electron chi connectivity index (χ0n) is 26.2. The molecule has 1 saturated heterocycles. The Bertz CT molecular complexity index is 1850. The first-order valence-electron chi connectivity index (χ1n) is 14.8. The third kappa shape index (κ3) is 8.01. The quantitative estimate of drug-likeness (QED) is 0.0697. The topological polar surface area (TPSA) is 127 Å². The SMILES string of the molecule is Cn1cc(-c2cc([N+](=O)[O-])ccc2Oc2cccc(OCCOC3CCN(C(=O)OC(C)(C)C)CC3)c2F)c2ccn(SI)c2c1=O. The molecule has 250 valence electrons. The molecule has 1 amide bonds. The maximum atomic E-state index is 15.6. The van der Waals surface area contributed by atoms with Crippen LogP contribution in [0.15, 0.2) is 59.7 Å². The molecular weight excluding hydrogens is 746 g/mol. The second kappa shape index (κ2) is 14.5. The van der Waals surface area contributed by atoms with E-state index >= 15 is 4.39 Å². The fourth-order valence-electron chi connectivity index (χ4n) is 5.23. The average Bonchev–Trinajstić information content (AvgIpc) is 3.47. The summed E-state index contributed by atoms with van der Waals surface area (Å²) in [5.74, 6) is -0.785. The van der Waals surface area contributed by atoms with Crippen molar-refractivity contribution in [2.45, 2.75) is 45.3 Å². The third-order valence-electron chi connectivity index (χ3n) is 7.46. The van der Waals surface area contributed by atoms with Crippen LogP contribution in [0.4, 0.5) is 14.9 Å². The highest BCUT2D eigenvalue weighted by Gasteiger charge is 2.27. The highest BCUT2D eigenvalue weighted by atomic mass is 127. The van der Waals surface area contributed by atoms with Crippen LogP contribution in [0, 0.1) is 15.9 Å². The van der Waals surface area contributed by atoms with Crippen LogP contribution in [0.5, 0.6) is 17.2 Å². The number of amides is 1. The molecule has 1 aliphatic heterocycles. The Labute approximate surface area is 286 Å². The van der Waals surface area contributed by atoms with Gasteiger partial charge < -0.3 is 28.4 Å². The monoisotopic (exact) mass is 780 g/mol. The fraction of sp³-hybridized carbons (Fsp3) is 0.375. The van der Waals surface area contributed by atoms with E-state index in [0.717, 1.165) is 0 Å². The van der Waals surface area contributed by atoms with Crippen LogP contribution in [0.2, 0.25) is 0 Å². The molecule has 2 aromatic carbocycles. The van der Waals surface area contributed by atoms with Crippen LogP contribution in [0.25, 0.3) is 22.0 Å². The molecule has 47 heavy (non-hydrogen) atoms. The Balaban J connectivity index is 1.28. The summed E-state index contributed by atoms with van der Waals surface area (Å²) < 4.78 is 41.8. The molecule has 3 heterocycles. The van der Waals surface area contributed by atoms with Crippen molar-refractivity contribution in [1.29, 1.82) is 0 Å². The Hall–Kier alpha value is -3.83. The summed E-state index contributed by atoms with van der Waals surface area (Å²) in [6, 6.07) is 10.3. The van der Waals surface area contributed by atoms with Gasteiger partial charge in [-0.2, -0.15) is 4.39 Å². The van der Waals surface area contributed by atoms with Gasteiger partial charge in [0.15, 0.2) is 11.5 Å². The molecule has 1 aliphatic rings. The van der Waals surface area contributed by atoms with E-state index in [4.69, 9.17) is 18.9 Å². The lowest BCUT2D eigenvalue weighted by atomic mass is 10.0. The van der Waals surface area contributed by atoms with Gasteiger partial charge in [-0.05, 0) is 57.9 Å². The number of nitrogens with zero attached hydrogens (tertiary/aromatic N) is 4. The molecule has 0 N–H and O–H groups in total. The minimum Gasteiger partial charge on any atom is -0.488 e. The minimum absolute atomic E-state index is 0.0463. The molecule has 0 bridgehead atoms. The number of carbonyl (C=O) groups is 1. The number of likely N-dealkylation sites (tertiary alicyclic amines) is 1. The molecule has 2 aromatic heterocycles. The van der Waals surface area contributed by atoms with Gasteiger partial charge in [0.05, 0.1) is 17.6 Å². The fourth-order valence-corrected chi connectivity index (χ4v) is 6.57. The molecule has 0 saturated carbocycles. The van der Waals surface area contributed by atoms with Crippen molar-refractivity contribution >= 4 is 53.0 Å². The highest BCUT2D eigenvalue weighted by molar-refractivity contribution is 14.2. The predicted molar refractivity (Wildman–Crippen MR) is 185 cm³/mol. The number of piperidine rings is 1. The number of rotatable bonds is 10. The van der Waals surface area contributed by atoms with E-state index in [1.807, 2.05) is 20.8 Å². The largest absolute Gasteiger partial charge is 0.488 e. The lowest BCUT2D eigenvalue weighted by Gasteiger charge is -2.33. The number of ether oxygens (including phenoxy) is 4. The molecule has 4 aromatic rings. The molecule has 12 nitrogen and oxygen atoms in total. The summed E-state index contributed by atoms with van der Waals surface area (Å²) in [5, 5.41) is 12.3. The zero-order valence-corrected chi connectivity index (χ0v) is 29.2. The van der Waals surface area contributed by atoms with Gasteiger partial charge in [-0.25, -0.2) is 4.79 Å². The number of halogens is 2. The van der Waals surface area contributed by atoms with Crippen LogP contribution in [0.3, 0.4) is 0 Å². The molecule has 0 aliphatic carbocycles. The summed E-state index contributed by atoms with van der Waals surface area (Å²) in [6.07, 6.45) is 4.22. The number of nitro benzene ring substituents is 1. The van der Waals surface area contributed by atoms with E-state index in [9.17, 15) is 19.7 Å². The summed E-state index contributed by atoms with van der Waals surface area (Å²) in [7, 11) is 2.90. The smallest absolute Gasteiger partial charge is 0.410 e. The van der Waals surface area contributed by atoms with E-state index in [0.29, 0.717) is 48.0 Å². The maximum absolute atomic E-state index is 15.6. The van der Waals surface area contributed by atoms with Crippen LogP contribution in [0.1, 0.15) is 33.6 Å². The number of non-ortho nitro benzene ring substituents is 1. The van der Waals surface area contributed by atoms with Crippen molar-refractivity contribution < 1.29 is 33.1 Å². The number of aryl methyl sites for hydroxylation is 1. The van der Waals surface area contributed by atoms with Crippen molar-refractivity contribution in [3.8, 4) is 28.4 Å². The summed E-state index contributed by atoms with van der Waals surface area (Å²) in [5.41, 5.74) is 0.237. The van der Waals surface area contributed by atoms with E-state index < -0.39 is 16.3 Å². The molecule has 5 rings (SSSR count). The highest BCUT2D eigenvalue weighted by Crippen LogP contribution is 2.41. The summed E-state index contributed by atoms with van der Waals surface area (Å²) in [4.78, 5) is 38.1. The molecule has 15 heteroatoms. The predicted octanol–water partition coefficient (Wildman–Crippen LogP) is 7.49. The molecular formula is C32H34FIN4O8S. The van der Waals surface area contributed by atoms with E-state index in [1.165, 1.54) is 44.0 Å². The van der Waals surface area contributed by atoms with Crippen LogP contribution < -0.4 is 15.0 Å². The number of nitro groups is 1. The van der Waals surface area contributed by atoms with Gasteiger partial charge in [-0.15, -0.1) is 0 Å². The number of benzene rings is 2. The van der Waals surface area contributed by atoms with Gasteiger partial charge >= 0.3 is 6.09 Å². The number of fused-ring (bicyclic) bond motifs is 1. The van der Waals surface area contributed by atoms with Crippen molar-refractivity contribution in [3.05, 3.63) is 81.1 Å². The van der Waals surface area contributed by atoms with Crippen LogP contribution in [-0.4, -0.2) is 62.5 Å². The minimum atomic E-state index is -0.749. The van der Waals surface area contributed by atoms with Gasteiger partial charge in [0, 0.05) is 91.5 Å². The number of hydrogen-bond donors (Lipinski definition) is 0. The number of pyridine rings is 1. The Morgan fingerprint density at radius 3 is 2.49 bits per heavy atom. The Kier molecular flexibility index (Phi) is 10.7. The van der Waals surface area contributed by atoms with E-state index in [-0.39, 0.29) is 53.9 Å². The number of carbonyl (C=O) groups excluding carboxylic acids is 1. The first-order valence-corrected chi connectivity index (χ1v) is 18.1. The first-order chi connectivity index (χ1) is 22.4. The third-order valence-corrected chi connectivity index (χ3v) is 9.19. The molecule has 1 fully saturated rings. The Morgan fingerprint density at radius 2 is 1.81 bits per heavy atom. The zero-order chi connectivity index (χ0) is 33.9. The number of hydrogen-bond acceptors (Lipinski definition) is 9. The van der Waals surface area contributed by atoms with Crippen LogP contribution >= 0.6 is 30.3 Å². The van der Waals surface area contributed by atoms with Gasteiger partial charge in [0.25, 0.3) is 11.2 Å². The lowest BCUT2D eigenvalue weighted by Crippen LogP contribution is -2.43. The van der Waals surface area contributed by atoms with Gasteiger partial charge in [0.1, 0.15) is 23.5 Å². The molecule has 0 radical (unpaired) electrons. The Morgan fingerprint density at radius 1 is 1.09 bits per heavy atom. The van der Waals surface area contributed by atoms with Gasteiger partial charge in [0.2, 0.25) is 5.82 Å². The lowest BCUT2D eigenvalue weighted by molar-refractivity contribution is -0.384. The second-order valence-electron chi connectivity index (χ2n) is 11.9. The van der Waals surface area contributed by atoms with Crippen molar-refractivity contribution in [2.75, 3.05) is 26.3 Å². The molecule has 0 atom stereocenters. The van der Waals surface area contributed by atoms with Crippen molar-refractivity contribution in [1.82, 2.24) is 13.4 Å². The first kappa shape index (κ1) is 34.5. The average molecular weight is 781 g/mol. The number of aromatic nitrogens is 2. The van der Waals surface area contributed by atoms with Gasteiger partial charge in [-0.1, -0.05) is 6.07 Å². The standard InChI is InChI=1S/C32H34FIN4O8S/c1-32(2,3)46-31(40)36-13-10-21(11-14-36)43-16-17-44-26-6-5-7-27(28(26)33)45-25-9-8-20(38(41)42)18-23(25)24-19-35(4)30(39)29-22(24)12-15-37(29)47-34/h5-9,12,15,18-19,21H,10-11,13-14,16-17H2,1-4H3. The van der Waals surface area contributed by atoms with Crippen LogP contribution in [-0.2, 0) is 16.5 Å². The maximum Gasteiger partial charge on any atom is 0.410 e. The van der Waals surface area contributed by atoms with E-state index in [2.05, 4.69) is 21.2 Å². The summed E-state index contributed by atoms with van der Waals surface area (Å²) in [6.45, 7) is 6.82. The van der Waals surface area contributed by atoms with E-state index in [1.54, 1.807) is 40.4 Å². The normalized spacial score (nSPS) is 14.0. The van der Waals surface area contributed by atoms with Crippen molar-refractivity contribution in [3.63, 3.8) is 0 Å².